The number of likely N-dealkylation sites (tertiary alicyclic amines) is 1. The second-order valence-corrected chi connectivity index (χ2v) is 4.29. The fraction of sp³-hybridized carbons (Fsp3) is 0.636. The van der Waals surface area contributed by atoms with Crippen LogP contribution in [0.2, 0.25) is 0 Å². The normalized spacial score (nSPS) is 27.2. The van der Waals surface area contributed by atoms with Crippen LogP contribution in [0.5, 0.6) is 0 Å². The Morgan fingerprint density at radius 1 is 1.47 bits per heavy atom. The molecule has 90 valence electrons. The van der Waals surface area contributed by atoms with Gasteiger partial charge in [0.15, 0.2) is 5.95 Å². The van der Waals surface area contributed by atoms with E-state index in [2.05, 4.69) is 9.88 Å². The van der Waals surface area contributed by atoms with Crippen LogP contribution >= 0.6 is 0 Å². The Balaban J connectivity index is 0.000000514. The van der Waals surface area contributed by atoms with Gasteiger partial charge >= 0.3 is 0 Å². The number of hydrogen-bond acceptors (Lipinski definition) is 3. The molecule has 2 aliphatic heterocycles. The van der Waals surface area contributed by atoms with Gasteiger partial charge < -0.3 is 14.3 Å². The second kappa shape index (κ2) is 4.18. The number of aromatic nitrogens is 2. The van der Waals surface area contributed by atoms with Crippen molar-refractivity contribution >= 4 is 19.8 Å². The lowest BCUT2D eigenvalue weighted by molar-refractivity contribution is -0.123. The molecule has 2 radical (unpaired) electrons. The second-order valence-electron chi connectivity index (χ2n) is 4.29. The number of fused-ring (bicyclic) bond motifs is 2. The minimum absolute atomic E-state index is 0.0463. The summed E-state index contributed by atoms with van der Waals surface area (Å²) in [7, 11) is 7.73. The summed E-state index contributed by atoms with van der Waals surface area (Å²) in [4.78, 5) is 19.5. The van der Waals surface area contributed by atoms with Crippen molar-refractivity contribution in [3.8, 4) is 0 Å². The van der Waals surface area contributed by atoms with E-state index in [1.54, 1.807) is 6.20 Å². The quantitative estimate of drug-likeness (QED) is 0.607. The van der Waals surface area contributed by atoms with Crippen LogP contribution in [0.25, 0.3) is 0 Å². The summed E-state index contributed by atoms with van der Waals surface area (Å²) < 4.78 is 1.90. The number of carbonyl (C=O) groups is 1. The van der Waals surface area contributed by atoms with E-state index < -0.39 is 5.54 Å². The maximum absolute atomic E-state index is 12.1. The van der Waals surface area contributed by atoms with Crippen molar-refractivity contribution in [2.45, 2.75) is 25.8 Å². The lowest BCUT2D eigenvalue weighted by Gasteiger charge is -2.23. The van der Waals surface area contributed by atoms with Gasteiger partial charge in [0.2, 0.25) is 13.9 Å². The van der Waals surface area contributed by atoms with E-state index in [4.69, 9.17) is 7.98 Å². The van der Waals surface area contributed by atoms with E-state index in [0.717, 1.165) is 13.0 Å². The van der Waals surface area contributed by atoms with Gasteiger partial charge in [-0.05, 0) is 13.5 Å². The SMILES string of the molecule is CC.[B]N1C(=O)C2(CCN(C)C2)n2ccnc21. The molecule has 1 fully saturated rings. The average Bonchev–Trinajstić information content (AvgIpc) is 3.00. The van der Waals surface area contributed by atoms with Crippen LogP contribution in [-0.2, 0) is 10.3 Å². The first-order valence-corrected chi connectivity index (χ1v) is 5.97. The number of imidazole rings is 1. The Kier molecular flexibility index (Phi) is 2.99. The topological polar surface area (TPSA) is 41.4 Å². The van der Waals surface area contributed by atoms with Crippen molar-refractivity contribution < 1.29 is 4.79 Å². The zero-order chi connectivity index (χ0) is 12.6. The highest BCUT2D eigenvalue weighted by Gasteiger charge is 2.52. The van der Waals surface area contributed by atoms with Crippen LogP contribution < -0.4 is 4.81 Å². The molecule has 5 nitrogen and oxygen atoms in total. The lowest BCUT2D eigenvalue weighted by atomic mass is 9.97. The van der Waals surface area contributed by atoms with Gasteiger partial charge in [0.1, 0.15) is 5.54 Å². The molecule has 1 unspecified atom stereocenters. The van der Waals surface area contributed by atoms with Crippen LogP contribution in [0, 0.1) is 0 Å². The Labute approximate surface area is 103 Å². The minimum atomic E-state index is -0.505. The van der Waals surface area contributed by atoms with Crippen molar-refractivity contribution in [3.05, 3.63) is 12.4 Å². The Hall–Kier alpha value is -1.30. The van der Waals surface area contributed by atoms with Crippen LogP contribution in [0.1, 0.15) is 20.3 Å². The van der Waals surface area contributed by atoms with Gasteiger partial charge in [0, 0.05) is 25.5 Å². The van der Waals surface area contributed by atoms with Crippen molar-refractivity contribution in [1.82, 2.24) is 14.5 Å². The van der Waals surface area contributed by atoms with Gasteiger partial charge in [0.05, 0.1) is 0 Å². The molecule has 1 amide bonds. The number of carbonyl (C=O) groups excluding carboxylic acids is 1. The fourth-order valence-electron chi connectivity index (χ4n) is 2.58. The largest absolute Gasteiger partial charge is 0.338 e. The van der Waals surface area contributed by atoms with Gasteiger partial charge in [-0.2, -0.15) is 0 Å². The van der Waals surface area contributed by atoms with E-state index in [-0.39, 0.29) is 5.91 Å². The zero-order valence-electron chi connectivity index (χ0n) is 10.6. The third-order valence-corrected chi connectivity index (χ3v) is 3.35. The molecular formula is C11H17BN4O. The molecule has 6 heteroatoms. The number of likely N-dealkylation sites (N-methyl/N-ethyl adjacent to an activating group) is 1. The first-order chi connectivity index (χ1) is 8.15. The van der Waals surface area contributed by atoms with Gasteiger partial charge in [-0.15, -0.1) is 0 Å². The van der Waals surface area contributed by atoms with E-state index in [1.807, 2.05) is 31.7 Å². The lowest BCUT2D eigenvalue weighted by Crippen LogP contribution is -2.44. The molecule has 2 aliphatic rings. The number of nitrogens with zero attached hydrogens (tertiary/aromatic N) is 4. The third kappa shape index (κ3) is 1.51. The van der Waals surface area contributed by atoms with Crippen molar-refractivity contribution in [1.29, 1.82) is 0 Å². The van der Waals surface area contributed by atoms with Crippen LogP contribution in [0.4, 0.5) is 5.95 Å². The molecule has 17 heavy (non-hydrogen) atoms. The highest BCUT2D eigenvalue weighted by Crippen LogP contribution is 2.39. The van der Waals surface area contributed by atoms with Crippen LogP contribution in [0.3, 0.4) is 0 Å². The van der Waals surface area contributed by atoms with Crippen LogP contribution in [0.15, 0.2) is 12.4 Å². The molecule has 3 heterocycles. The molecule has 1 atom stereocenters. The molecule has 0 saturated carbocycles. The summed E-state index contributed by atoms with van der Waals surface area (Å²) in [6.45, 7) is 5.63. The van der Waals surface area contributed by atoms with Crippen molar-refractivity contribution in [3.63, 3.8) is 0 Å². The molecule has 0 N–H and O–H groups in total. The summed E-state index contributed by atoms with van der Waals surface area (Å²) in [5, 5.41) is 0. The zero-order valence-corrected chi connectivity index (χ0v) is 10.6. The number of hydrogen-bond donors (Lipinski definition) is 0. The Morgan fingerprint density at radius 3 is 2.76 bits per heavy atom. The standard InChI is InChI=1S/C9H11BN4O.C2H6/c1-12-4-2-9(6-12)7(15)14(10)8-11-3-5-13(8)9;1-2/h3,5H,2,4,6H2,1H3;1-2H3. The molecule has 0 bridgehead atoms. The maximum Gasteiger partial charge on any atom is 0.243 e. The molecule has 1 spiro atoms. The van der Waals surface area contributed by atoms with E-state index >= 15 is 0 Å². The summed E-state index contributed by atoms with van der Waals surface area (Å²) in [6.07, 6.45) is 4.32. The van der Waals surface area contributed by atoms with E-state index in [9.17, 15) is 4.79 Å². The predicted molar refractivity (Wildman–Crippen MR) is 66.9 cm³/mol. The molecule has 0 aromatic carbocycles. The third-order valence-electron chi connectivity index (χ3n) is 3.35. The van der Waals surface area contributed by atoms with Crippen molar-refractivity contribution in [2.24, 2.45) is 0 Å². The fourth-order valence-corrected chi connectivity index (χ4v) is 2.58. The molecule has 1 aromatic heterocycles. The van der Waals surface area contributed by atoms with Gasteiger partial charge in [0.25, 0.3) is 0 Å². The van der Waals surface area contributed by atoms with Gasteiger partial charge in [-0.3, -0.25) is 4.79 Å². The maximum atomic E-state index is 12.1. The monoisotopic (exact) mass is 232 g/mol. The van der Waals surface area contributed by atoms with Gasteiger partial charge in [-0.1, -0.05) is 13.8 Å². The first-order valence-electron chi connectivity index (χ1n) is 5.97. The number of anilines is 1. The number of rotatable bonds is 0. The molecular weight excluding hydrogens is 215 g/mol. The Bertz CT molecular complexity index is 433. The summed E-state index contributed by atoms with van der Waals surface area (Å²) in [5.41, 5.74) is -0.505. The minimum Gasteiger partial charge on any atom is -0.338 e. The highest BCUT2D eigenvalue weighted by molar-refractivity contribution is 6.33. The molecule has 0 aliphatic carbocycles. The molecule has 1 saturated heterocycles. The summed E-state index contributed by atoms with van der Waals surface area (Å²) in [6, 6.07) is 0. The molecule has 1 aromatic rings. The van der Waals surface area contributed by atoms with E-state index in [0.29, 0.717) is 12.5 Å². The summed E-state index contributed by atoms with van der Waals surface area (Å²) >= 11 is 0. The number of amides is 1. The molecule has 3 rings (SSSR count). The van der Waals surface area contributed by atoms with E-state index in [1.165, 1.54) is 4.81 Å². The predicted octanol–water partition coefficient (Wildman–Crippen LogP) is 0.370. The average molecular weight is 232 g/mol. The van der Waals surface area contributed by atoms with Crippen molar-refractivity contribution in [2.75, 3.05) is 24.9 Å². The van der Waals surface area contributed by atoms with Gasteiger partial charge in [-0.25, -0.2) is 4.98 Å². The highest BCUT2D eigenvalue weighted by atomic mass is 16.2. The summed E-state index contributed by atoms with van der Waals surface area (Å²) in [5.74, 6) is 0.505. The first kappa shape index (κ1) is 12.2. The Morgan fingerprint density at radius 2 is 2.18 bits per heavy atom. The van der Waals surface area contributed by atoms with Crippen LogP contribution in [-0.4, -0.2) is 48.5 Å². The smallest absolute Gasteiger partial charge is 0.243 e.